The number of nitrogens with one attached hydrogen (secondary N) is 1. The Morgan fingerprint density at radius 2 is 1.84 bits per heavy atom. The summed E-state index contributed by atoms with van der Waals surface area (Å²) in [5, 5.41) is 12.5. The van der Waals surface area contributed by atoms with E-state index in [2.05, 4.69) is 48.4 Å². The Hall–Kier alpha value is -2.51. The van der Waals surface area contributed by atoms with Crippen molar-refractivity contribution < 1.29 is 9.53 Å². The second-order valence-electron chi connectivity index (χ2n) is 8.02. The summed E-state index contributed by atoms with van der Waals surface area (Å²) in [5.41, 5.74) is 1.95. The quantitative estimate of drug-likeness (QED) is 0.447. The summed E-state index contributed by atoms with van der Waals surface area (Å²) in [7, 11) is 0. The van der Waals surface area contributed by atoms with E-state index in [0.29, 0.717) is 29.0 Å². The van der Waals surface area contributed by atoms with Crippen LogP contribution in [-0.4, -0.2) is 26.4 Å². The van der Waals surface area contributed by atoms with Gasteiger partial charge in [-0.15, -0.1) is 10.2 Å². The third-order valence-electron chi connectivity index (χ3n) is 4.68. The first kappa shape index (κ1) is 23.2. The van der Waals surface area contributed by atoms with Crippen LogP contribution in [0, 0.1) is 0 Å². The smallest absolute Gasteiger partial charge is 0.234 e. The second-order valence-corrected chi connectivity index (χ2v) is 9.37. The molecule has 164 valence electrons. The molecule has 1 amide bonds. The van der Waals surface area contributed by atoms with Crippen LogP contribution in [0.4, 0.5) is 5.69 Å². The standard InChI is InChI=1S/C23H27ClN4O2S/c1-5-28-20(14-30-17-12-10-16(11-13-17)23(2,3)4)26-27-22(28)31-15-21(29)25-19-9-7-6-8-18(19)24/h6-13H,5,14-15H2,1-4H3,(H,25,29). The first-order valence-corrected chi connectivity index (χ1v) is 11.5. The maximum Gasteiger partial charge on any atom is 0.234 e. The molecular weight excluding hydrogens is 432 g/mol. The van der Waals surface area contributed by atoms with E-state index in [1.54, 1.807) is 12.1 Å². The molecule has 0 saturated heterocycles. The molecule has 0 fully saturated rings. The van der Waals surface area contributed by atoms with Crippen LogP contribution in [0.5, 0.6) is 5.75 Å². The van der Waals surface area contributed by atoms with E-state index in [-0.39, 0.29) is 17.1 Å². The van der Waals surface area contributed by atoms with E-state index < -0.39 is 0 Å². The number of hydrogen-bond donors (Lipinski definition) is 1. The number of anilines is 1. The molecule has 0 aliphatic heterocycles. The molecule has 6 nitrogen and oxygen atoms in total. The van der Waals surface area contributed by atoms with E-state index in [1.165, 1.54) is 17.3 Å². The number of rotatable bonds is 8. The van der Waals surface area contributed by atoms with Gasteiger partial charge in [0.2, 0.25) is 5.91 Å². The zero-order valence-corrected chi connectivity index (χ0v) is 19.8. The lowest BCUT2D eigenvalue weighted by atomic mass is 9.87. The van der Waals surface area contributed by atoms with Crippen molar-refractivity contribution in [1.29, 1.82) is 0 Å². The molecule has 31 heavy (non-hydrogen) atoms. The maximum absolute atomic E-state index is 12.3. The molecule has 0 bridgehead atoms. The minimum Gasteiger partial charge on any atom is -0.486 e. The van der Waals surface area contributed by atoms with Gasteiger partial charge in [-0.25, -0.2) is 0 Å². The molecule has 0 radical (unpaired) electrons. The highest BCUT2D eigenvalue weighted by Gasteiger charge is 2.15. The Morgan fingerprint density at radius 3 is 2.48 bits per heavy atom. The fourth-order valence-corrected chi connectivity index (χ4v) is 3.93. The molecule has 3 rings (SSSR count). The maximum atomic E-state index is 12.3. The number of hydrogen-bond acceptors (Lipinski definition) is 5. The van der Waals surface area contributed by atoms with E-state index in [9.17, 15) is 4.79 Å². The van der Waals surface area contributed by atoms with Crippen molar-refractivity contribution in [1.82, 2.24) is 14.8 Å². The second kappa shape index (κ2) is 10.2. The van der Waals surface area contributed by atoms with E-state index in [0.717, 1.165) is 11.6 Å². The molecule has 0 unspecified atom stereocenters. The first-order valence-electron chi connectivity index (χ1n) is 10.1. The molecule has 1 N–H and O–H groups in total. The Kier molecular flexibility index (Phi) is 7.62. The number of carbonyl (C=O) groups excluding carboxylic acids is 1. The Bertz CT molecular complexity index is 1030. The predicted octanol–water partition coefficient (Wildman–Crippen LogP) is 5.56. The fourth-order valence-electron chi connectivity index (χ4n) is 2.93. The van der Waals surface area contributed by atoms with Gasteiger partial charge in [-0.3, -0.25) is 4.79 Å². The van der Waals surface area contributed by atoms with Crippen LogP contribution in [0.25, 0.3) is 0 Å². The monoisotopic (exact) mass is 458 g/mol. The summed E-state index contributed by atoms with van der Waals surface area (Å²) in [5.74, 6) is 1.56. The van der Waals surface area contributed by atoms with Gasteiger partial charge in [0.1, 0.15) is 12.4 Å². The highest BCUT2D eigenvalue weighted by Crippen LogP contribution is 2.25. The summed E-state index contributed by atoms with van der Waals surface area (Å²) in [6.45, 7) is 9.55. The average molecular weight is 459 g/mol. The van der Waals surface area contributed by atoms with E-state index in [4.69, 9.17) is 16.3 Å². The van der Waals surface area contributed by atoms with Crippen molar-refractivity contribution >= 4 is 35.0 Å². The number of carbonyl (C=O) groups is 1. The minimum absolute atomic E-state index is 0.102. The van der Waals surface area contributed by atoms with Crippen molar-refractivity contribution in [3.63, 3.8) is 0 Å². The minimum atomic E-state index is -0.152. The third-order valence-corrected chi connectivity index (χ3v) is 5.97. The Morgan fingerprint density at radius 1 is 1.13 bits per heavy atom. The van der Waals surface area contributed by atoms with Crippen LogP contribution in [-0.2, 0) is 23.4 Å². The molecule has 1 aromatic heterocycles. The van der Waals surface area contributed by atoms with Crippen LogP contribution in [0.2, 0.25) is 5.02 Å². The van der Waals surface area contributed by atoms with Crippen LogP contribution in [0.15, 0.2) is 53.7 Å². The first-order chi connectivity index (χ1) is 14.8. The molecule has 2 aromatic carbocycles. The van der Waals surface area contributed by atoms with Gasteiger partial charge in [0.25, 0.3) is 0 Å². The number of nitrogens with zero attached hydrogens (tertiary/aromatic N) is 3. The number of para-hydroxylation sites is 1. The van der Waals surface area contributed by atoms with Gasteiger partial charge in [-0.2, -0.15) is 0 Å². The zero-order chi connectivity index (χ0) is 22.4. The SMILES string of the molecule is CCn1c(COc2ccc(C(C)(C)C)cc2)nnc1SCC(=O)Nc1ccccc1Cl. The number of benzene rings is 2. The van der Waals surface area contributed by atoms with Crippen molar-refractivity contribution in [2.75, 3.05) is 11.1 Å². The summed E-state index contributed by atoms with van der Waals surface area (Å²) in [6, 6.07) is 15.3. The summed E-state index contributed by atoms with van der Waals surface area (Å²) >= 11 is 7.42. The van der Waals surface area contributed by atoms with Gasteiger partial charge in [0.15, 0.2) is 11.0 Å². The number of aromatic nitrogens is 3. The molecule has 1 heterocycles. The van der Waals surface area contributed by atoms with Gasteiger partial charge in [-0.1, -0.05) is 68.4 Å². The molecule has 3 aromatic rings. The van der Waals surface area contributed by atoms with E-state index in [1.807, 2.05) is 35.8 Å². The van der Waals surface area contributed by atoms with Gasteiger partial charge in [-0.05, 0) is 42.2 Å². The lowest BCUT2D eigenvalue weighted by molar-refractivity contribution is -0.113. The van der Waals surface area contributed by atoms with Crippen molar-refractivity contribution in [2.24, 2.45) is 0 Å². The summed E-state index contributed by atoms with van der Waals surface area (Å²) < 4.78 is 7.86. The lowest BCUT2D eigenvalue weighted by Gasteiger charge is -2.19. The Balaban J connectivity index is 1.57. The number of thioether (sulfide) groups is 1. The van der Waals surface area contributed by atoms with Crippen molar-refractivity contribution in [2.45, 2.75) is 51.4 Å². The third kappa shape index (κ3) is 6.24. The normalized spacial score (nSPS) is 11.4. The lowest BCUT2D eigenvalue weighted by Crippen LogP contribution is -2.15. The van der Waals surface area contributed by atoms with Gasteiger partial charge in [0, 0.05) is 6.54 Å². The molecule has 0 aliphatic carbocycles. The zero-order valence-electron chi connectivity index (χ0n) is 18.2. The Labute approximate surface area is 192 Å². The van der Waals surface area contributed by atoms with Gasteiger partial charge >= 0.3 is 0 Å². The van der Waals surface area contributed by atoms with Gasteiger partial charge in [0.05, 0.1) is 16.5 Å². The van der Waals surface area contributed by atoms with E-state index >= 15 is 0 Å². The van der Waals surface area contributed by atoms with Crippen molar-refractivity contribution in [3.8, 4) is 5.75 Å². The molecule has 0 atom stereocenters. The van der Waals surface area contributed by atoms with Crippen LogP contribution in [0.1, 0.15) is 39.1 Å². The average Bonchev–Trinajstić information content (AvgIpc) is 3.14. The van der Waals surface area contributed by atoms with Crippen LogP contribution >= 0.6 is 23.4 Å². The largest absolute Gasteiger partial charge is 0.486 e. The number of halogens is 1. The molecular formula is C23H27ClN4O2S. The highest BCUT2D eigenvalue weighted by molar-refractivity contribution is 7.99. The molecule has 8 heteroatoms. The van der Waals surface area contributed by atoms with Crippen LogP contribution < -0.4 is 10.1 Å². The number of ether oxygens (including phenoxy) is 1. The molecule has 0 aliphatic rings. The van der Waals surface area contributed by atoms with Crippen molar-refractivity contribution in [3.05, 3.63) is 64.9 Å². The molecule has 0 spiro atoms. The fraction of sp³-hybridized carbons (Fsp3) is 0.348. The van der Waals surface area contributed by atoms with Gasteiger partial charge < -0.3 is 14.6 Å². The summed E-state index contributed by atoms with van der Waals surface area (Å²) in [6.07, 6.45) is 0. The topological polar surface area (TPSA) is 69.0 Å². The predicted molar refractivity (Wildman–Crippen MR) is 126 cm³/mol. The summed E-state index contributed by atoms with van der Waals surface area (Å²) in [4.78, 5) is 12.3. The molecule has 0 saturated carbocycles. The van der Waals surface area contributed by atoms with Crippen LogP contribution in [0.3, 0.4) is 0 Å². The highest BCUT2D eigenvalue weighted by atomic mass is 35.5. The number of amides is 1.